The van der Waals surface area contributed by atoms with E-state index in [1.165, 1.54) is 12.8 Å². The minimum Gasteiger partial charge on any atom is -0.378 e. The van der Waals surface area contributed by atoms with E-state index in [4.69, 9.17) is 4.74 Å². The van der Waals surface area contributed by atoms with Crippen LogP contribution in [0.4, 0.5) is 0 Å². The lowest BCUT2D eigenvalue weighted by Crippen LogP contribution is -2.37. The number of carbonyl (C=O) groups excluding carboxylic acids is 1. The molecule has 1 amide bonds. The Hall–Kier alpha value is -0.570. The molecule has 74 valence electrons. The van der Waals surface area contributed by atoms with Crippen LogP contribution in [-0.4, -0.2) is 24.7 Å². The van der Waals surface area contributed by atoms with Crippen LogP contribution in [0.15, 0.2) is 0 Å². The van der Waals surface area contributed by atoms with Gasteiger partial charge in [0.1, 0.15) is 0 Å². The van der Waals surface area contributed by atoms with Gasteiger partial charge in [0, 0.05) is 18.6 Å². The molecule has 0 radical (unpaired) electrons. The standard InChI is InChI=1S/C10H17NO2/c1-7-6-8(4-5-13-7)10(12)11-9-2-3-9/h7-9H,2-6H2,1H3,(H,11,12). The molecule has 0 aromatic heterocycles. The van der Waals surface area contributed by atoms with Gasteiger partial charge in [0.25, 0.3) is 0 Å². The molecule has 3 nitrogen and oxygen atoms in total. The molecule has 1 saturated heterocycles. The SMILES string of the molecule is CC1CC(C(=O)NC2CC2)CCO1. The zero-order valence-corrected chi connectivity index (χ0v) is 8.08. The molecule has 0 aromatic rings. The van der Waals surface area contributed by atoms with E-state index in [0.717, 1.165) is 19.4 Å². The molecular formula is C10H17NO2. The van der Waals surface area contributed by atoms with Crippen LogP contribution in [0.3, 0.4) is 0 Å². The highest BCUT2D eigenvalue weighted by atomic mass is 16.5. The van der Waals surface area contributed by atoms with E-state index in [9.17, 15) is 4.79 Å². The van der Waals surface area contributed by atoms with Gasteiger partial charge in [0.05, 0.1) is 6.10 Å². The molecule has 1 aliphatic carbocycles. The summed E-state index contributed by atoms with van der Waals surface area (Å²) >= 11 is 0. The quantitative estimate of drug-likeness (QED) is 0.695. The highest BCUT2D eigenvalue weighted by Crippen LogP contribution is 2.23. The Morgan fingerprint density at radius 3 is 2.77 bits per heavy atom. The fraction of sp³-hybridized carbons (Fsp3) is 0.900. The van der Waals surface area contributed by atoms with E-state index in [1.54, 1.807) is 0 Å². The molecule has 2 rings (SSSR count). The minimum atomic E-state index is 0.198. The molecule has 1 aliphatic heterocycles. The molecule has 2 fully saturated rings. The van der Waals surface area contributed by atoms with Gasteiger partial charge >= 0.3 is 0 Å². The van der Waals surface area contributed by atoms with Crippen molar-refractivity contribution in [3.63, 3.8) is 0 Å². The molecule has 3 heteroatoms. The second-order valence-corrected chi connectivity index (χ2v) is 4.19. The van der Waals surface area contributed by atoms with E-state index in [-0.39, 0.29) is 17.9 Å². The molecule has 2 unspecified atom stereocenters. The first-order valence-corrected chi connectivity index (χ1v) is 5.17. The van der Waals surface area contributed by atoms with Crippen molar-refractivity contribution in [2.45, 2.75) is 44.8 Å². The average molecular weight is 183 g/mol. The number of amides is 1. The van der Waals surface area contributed by atoms with Crippen LogP contribution in [0.1, 0.15) is 32.6 Å². The van der Waals surface area contributed by atoms with Crippen LogP contribution in [0.25, 0.3) is 0 Å². The zero-order chi connectivity index (χ0) is 9.26. The summed E-state index contributed by atoms with van der Waals surface area (Å²) in [6.07, 6.45) is 4.37. The Morgan fingerprint density at radius 1 is 1.38 bits per heavy atom. The maximum atomic E-state index is 11.6. The summed E-state index contributed by atoms with van der Waals surface area (Å²) in [6.45, 7) is 2.78. The molecule has 1 saturated carbocycles. The zero-order valence-electron chi connectivity index (χ0n) is 8.08. The maximum absolute atomic E-state index is 11.6. The number of ether oxygens (including phenoxy) is 1. The van der Waals surface area contributed by atoms with Crippen LogP contribution in [0.5, 0.6) is 0 Å². The molecule has 0 aromatic carbocycles. The van der Waals surface area contributed by atoms with E-state index < -0.39 is 0 Å². The van der Waals surface area contributed by atoms with Crippen LogP contribution in [-0.2, 0) is 9.53 Å². The van der Waals surface area contributed by atoms with E-state index in [2.05, 4.69) is 5.32 Å². The molecule has 2 atom stereocenters. The molecule has 0 bridgehead atoms. The van der Waals surface area contributed by atoms with Gasteiger partial charge in [0.15, 0.2) is 0 Å². The molecule has 1 heterocycles. The van der Waals surface area contributed by atoms with Crippen LogP contribution in [0, 0.1) is 5.92 Å². The lowest BCUT2D eigenvalue weighted by Gasteiger charge is -2.26. The second kappa shape index (κ2) is 3.66. The third kappa shape index (κ3) is 2.44. The Morgan fingerprint density at radius 2 is 2.15 bits per heavy atom. The van der Waals surface area contributed by atoms with Gasteiger partial charge in [-0.1, -0.05) is 0 Å². The maximum Gasteiger partial charge on any atom is 0.223 e. The van der Waals surface area contributed by atoms with Gasteiger partial charge in [0.2, 0.25) is 5.91 Å². The van der Waals surface area contributed by atoms with E-state index in [0.29, 0.717) is 6.04 Å². The molecule has 1 N–H and O–H groups in total. The van der Waals surface area contributed by atoms with E-state index in [1.807, 2.05) is 6.92 Å². The first-order chi connectivity index (χ1) is 6.25. The number of rotatable bonds is 2. The Labute approximate surface area is 78.8 Å². The van der Waals surface area contributed by atoms with Crippen molar-refractivity contribution >= 4 is 5.91 Å². The minimum absolute atomic E-state index is 0.198. The number of hydrogen-bond donors (Lipinski definition) is 1. The van der Waals surface area contributed by atoms with Gasteiger partial charge in [-0.05, 0) is 32.6 Å². The molecule has 2 aliphatic rings. The smallest absolute Gasteiger partial charge is 0.223 e. The van der Waals surface area contributed by atoms with Crippen molar-refractivity contribution in [2.24, 2.45) is 5.92 Å². The largest absolute Gasteiger partial charge is 0.378 e. The Bertz CT molecular complexity index is 201. The van der Waals surface area contributed by atoms with Gasteiger partial charge in [-0.3, -0.25) is 4.79 Å². The second-order valence-electron chi connectivity index (χ2n) is 4.19. The van der Waals surface area contributed by atoms with Crippen molar-refractivity contribution in [3.05, 3.63) is 0 Å². The summed E-state index contributed by atoms with van der Waals surface area (Å²) < 4.78 is 5.40. The van der Waals surface area contributed by atoms with Crippen molar-refractivity contribution < 1.29 is 9.53 Å². The van der Waals surface area contributed by atoms with E-state index >= 15 is 0 Å². The molecule has 13 heavy (non-hydrogen) atoms. The van der Waals surface area contributed by atoms with Crippen molar-refractivity contribution in [2.75, 3.05) is 6.61 Å². The fourth-order valence-corrected chi connectivity index (χ4v) is 1.78. The topological polar surface area (TPSA) is 38.3 Å². The summed E-state index contributed by atoms with van der Waals surface area (Å²) in [5.41, 5.74) is 0. The summed E-state index contributed by atoms with van der Waals surface area (Å²) in [6, 6.07) is 0.491. The third-order valence-electron chi connectivity index (χ3n) is 2.78. The number of carbonyl (C=O) groups is 1. The summed E-state index contributed by atoms with van der Waals surface area (Å²) in [4.78, 5) is 11.6. The highest BCUT2D eigenvalue weighted by Gasteiger charge is 2.30. The normalized spacial score (nSPS) is 34.2. The average Bonchev–Trinajstić information content (AvgIpc) is 2.88. The fourth-order valence-electron chi connectivity index (χ4n) is 1.78. The predicted molar refractivity (Wildman–Crippen MR) is 49.3 cm³/mol. The Kier molecular flexibility index (Phi) is 2.54. The first-order valence-electron chi connectivity index (χ1n) is 5.17. The lowest BCUT2D eigenvalue weighted by atomic mass is 9.95. The van der Waals surface area contributed by atoms with Crippen molar-refractivity contribution in [1.82, 2.24) is 5.32 Å². The third-order valence-corrected chi connectivity index (χ3v) is 2.78. The lowest BCUT2D eigenvalue weighted by molar-refractivity contribution is -0.129. The Balaban J connectivity index is 1.80. The van der Waals surface area contributed by atoms with Gasteiger partial charge < -0.3 is 10.1 Å². The molecule has 0 spiro atoms. The number of nitrogens with one attached hydrogen (secondary N) is 1. The summed E-state index contributed by atoms with van der Waals surface area (Å²) in [5, 5.41) is 3.05. The number of hydrogen-bond acceptors (Lipinski definition) is 2. The molecular weight excluding hydrogens is 166 g/mol. The monoisotopic (exact) mass is 183 g/mol. The van der Waals surface area contributed by atoms with Gasteiger partial charge in [-0.25, -0.2) is 0 Å². The van der Waals surface area contributed by atoms with Gasteiger partial charge in [-0.15, -0.1) is 0 Å². The predicted octanol–water partition coefficient (Wildman–Crippen LogP) is 1.08. The summed E-state index contributed by atoms with van der Waals surface area (Å²) in [7, 11) is 0. The van der Waals surface area contributed by atoms with Crippen LogP contribution >= 0.6 is 0 Å². The van der Waals surface area contributed by atoms with Crippen molar-refractivity contribution in [3.8, 4) is 0 Å². The summed E-state index contributed by atoms with van der Waals surface area (Å²) in [5.74, 6) is 0.446. The van der Waals surface area contributed by atoms with Crippen LogP contribution < -0.4 is 5.32 Å². The van der Waals surface area contributed by atoms with Crippen molar-refractivity contribution in [1.29, 1.82) is 0 Å². The first kappa shape index (κ1) is 9.00. The van der Waals surface area contributed by atoms with Crippen LogP contribution in [0.2, 0.25) is 0 Å². The highest BCUT2D eigenvalue weighted by molar-refractivity contribution is 5.79. The van der Waals surface area contributed by atoms with Gasteiger partial charge in [-0.2, -0.15) is 0 Å².